The number of hydrogen-bond donors (Lipinski definition) is 2. The lowest BCUT2D eigenvalue weighted by molar-refractivity contribution is -0.136. The summed E-state index contributed by atoms with van der Waals surface area (Å²) in [5.74, 6) is 1.37. The van der Waals surface area contributed by atoms with Crippen molar-refractivity contribution in [2.45, 2.75) is 26.4 Å². The third-order valence-electron chi connectivity index (χ3n) is 5.24. The molecule has 0 fully saturated rings. The second-order valence-corrected chi connectivity index (χ2v) is 7.89. The molecule has 4 aromatic rings. The number of fused-ring (bicyclic) bond motifs is 1. The molecule has 0 atom stereocenters. The Morgan fingerprint density at radius 3 is 2.30 bits per heavy atom. The molecule has 0 aliphatic carbocycles. The number of aliphatic carboxylic acids is 1. The Hall–Kier alpha value is -3.93. The topological polar surface area (TPSA) is 80.8 Å². The van der Waals surface area contributed by atoms with Crippen LogP contribution in [0.1, 0.15) is 23.1 Å². The van der Waals surface area contributed by atoms with Crippen molar-refractivity contribution >= 4 is 16.9 Å². The molecule has 4 rings (SSSR count). The number of carboxylic acids is 1. The minimum absolute atomic E-state index is 0.0227. The van der Waals surface area contributed by atoms with Crippen LogP contribution in [0.15, 0.2) is 72.9 Å². The van der Waals surface area contributed by atoms with Crippen LogP contribution in [0.25, 0.3) is 10.9 Å². The third kappa shape index (κ3) is 6.29. The lowest BCUT2D eigenvalue weighted by Gasteiger charge is -2.11. The minimum atomic E-state index is -0.857. The molecule has 33 heavy (non-hydrogen) atoms. The molecular weight excluding hydrogens is 418 g/mol. The number of hydrogen-bond acceptors (Lipinski definition) is 4. The van der Waals surface area contributed by atoms with E-state index in [0.717, 1.165) is 33.5 Å². The Labute approximate surface area is 192 Å². The van der Waals surface area contributed by atoms with Gasteiger partial charge in [0.25, 0.3) is 0 Å². The van der Waals surface area contributed by atoms with E-state index in [-0.39, 0.29) is 6.42 Å². The molecule has 6 nitrogen and oxygen atoms in total. The van der Waals surface area contributed by atoms with Crippen LogP contribution in [-0.2, 0) is 17.8 Å². The van der Waals surface area contributed by atoms with Gasteiger partial charge in [-0.2, -0.15) is 0 Å². The first-order valence-corrected chi connectivity index (χ1v) is 10.9. The van der Waals surface area contributed by atoms with Crippen molar-refractivity contribution < 1.29 is 24.1 Å². The van der Waals surface area contributed by atoms with Gasteiger partial charge in [-0.05, 0) is 48.4 Å². The molecule has 0 aliphatic rings. The van der Waals surface area contributed by atoms with Gasteiger partial charge in [-0.3, -0.25) is 4.79 Å². The first-order valence-electron chi connectivity index (χ1n) is 10.9. The van der Waals surface area contributed by atoms with Gasteiger partial charge in [0.2, 0.25) is 0 Å². The van der Waals surface area contributed by atoms with Crippen LogP contribution in [-0.4, -0.2) is 29.3 Å². The van der Waals surface area contributed by atoms with Crippen LogP contribution in [0.3, 0.4) is 0 Å². The van der Waals surface area contributed by atoms with Gasteiger partial charge in [0.05, 0.1) is 19.6 Å². The van der Waals surface area contributed by atoms with Gasteiger partial charge < -0.3 is 24.3 Å². The van der Waals surface area contributed by atoms with E-state index in [9.17, 15) is 4.79 Å². The number of aryl methyl sites for hydroxylation is 1. The van der Waals surface area contributed by atoms with Gasteiger partial charge in [-0.1, -0.05) is 35.9 Å². The molecule has 1 heterocycles. The van der Waals surface area contributed by atoms with E-state index < -0.39 is 5.97 Å². The van der Waals surface area contributed by atoms with Crippen LogP contribution < -0.4 is 14.2 Å². The number of carbonyl (C=O) groups is 1. The second-order valence-electron chi connectivity index (χ2n) is 7.89. The molecule has 0 bridgehead atoms. The first kappa shape index (κ1) is 22.3. The molecule has 6 heteroatoms. The number of aromatic nitrogens is 1. The Bertz CT molecular complexity index is 1210. The average molecular weight is 446 g/mol. The number of rotatable bonds is 11. The summed E-state index contributed by atoms with van der Waals surface area (Å²) in [7, 11) is 0. The summed E-state index contributed by atoms with van der Waals surface area (Å²) in [5.41, 5.74) is 3.99. The lowest BCUT2D eigenvalue weighted by atomic mass is 10.1. The maximum atomic E-state index is 11.0. The number of carboxylic acid groups (broad SMARTS) is 1. The van der Waals surface area contributed by atoms with E-state index in [1.165, 1.54) is 5.56 Å². The van der Waals surface area contributed by atoms with Crippen molar-refractivity contribution in [3.63, 3.8) is 0 Å². The molecule has 3 aromatic carbocycles. The number of aromatic amines is 1. The van der Waals surface area contributed by atoms with Crippen molar-refractivity contribution in [3.8, 4) is 17.2 Å². The average Bonchev–Trinajstić information content (AvgIpc) is 3.20. The number of benzene rings is 3. The Balaban J connectivity index is 1.22. The molecule has 2 N–H and O–H groups in total. The highest BCUT2D eigenvalue weighted by atomic mass is 16.5. The molecule has 0 saturated carbocycles. The molecule has 0 saturated heterocycles. The monoisotopic (exact) mass is 445 g/mol. The molecule has 170 valence electrons. The molecule has 1 aromatic heterocycles. The maximum absolute atomic E-state index is 11.0. The SMILES string of the molecule is Cc1ccc(COc2cccc(OCCCOc3ccc4[nH]cc(CC(=O)O)c4c3)c2)cc1. The minimum Gasteiger partial charge on any atom is -0.493 e. The highest BCUT2D eigenvalue weighted by molar-refractivity contribution is 5.88. The largest absolute Gasteiger partial charge is 0.493 e. The normalized spacial score (nSPS) is 10.8. The quantitative estimate of drug-likeness (QED) is 0.297. The zero-order valence-electron chi connectivity index (χ0n) is 18.5. The molecule has 0 aliphatic heterocycles. The number of ether oxygens (including phenoxy) is 3. The smallest absolute Gasteiger partial charge is 0.307 e. The molecule has 0 radical (unpaired) electrons. The predicted octanol–water partition coefficient (Wildman–Crippen LogP) is 5.53. The summed E-state index contributed by atoms with van der Waals surface area (Å²) in [6.07, 6.45) is 2.42. The van der Waals surface area contributed by atoms with Crippen LogP contribution in [0.2, 0.25) is 0 Å². The molecule has 0 amide bonds. The van der Waals surface area contributed by atoms with Crippen LogP contribution in [0.5, 0.6) is 17.2 Å². The van der Waals surface area contributed by atoms with Crippen LogP contribution in [0, 0.1) is 6.92 Å². The Morgan fingerprint density at radius 2 is 1.58 bits per heavy atom. The lowest BCUT2D eigenvalue weighted by Crippen LogP contribution is -2.05. The summed E-state index contributed by atoms with van der Waals surface area (Å²) < 4.78 is 17.6. The fraction of sp³-hybridized carbons (Fsp3) is 0.222. The Kier molecular flexibility index (Phi) is 7.15. The zero-order chi connectivity index (χ0) is 23.0. The third-order valence-corrected chi connectivity index (χ3v) is 5.24. The molecule has 0 unspecified atom stereocenters. The maximum Gasteiger partial charge on any atom is 0.307 e. The van der Waals surface area contributed by atoms with E-state index >= 15 is 0 Å². The highest BCUT2D eigenvalue weighted by Crippen LogP contribution is 2.25. The standard InChI is InChI=1S/C27H27NO5/c1-19-6-8-20(9-7-19)18-33-23-5-2-4-22(15-23)31-12-3-13-32-24-10-11-26-25(16-24)21(17-28-26)14-27(29)30/h2,4-11,15-17,28H,3,12-14,18H2,1H3,(H,29,30). The van der Waals surface area contributed by atoms with Crippen molar-refractivity contribution in [3.05, 3.63) is 89.6 Å². The number of nitrogens with one attached hydrogen (secondary N) is 1. The fourth-order valence-corrected chi connectivity index (χ4v) is 3.50. The number of H-pyrrole nitrogens is 1. The molecule has 0 spiro atoms. The summed E-state index contributed by atoms with van der Waals surface area (Å²) in [6.45, 7) is 3.58. The van der Waals surface area contributed by atoms with Gasteiger partial charge in [0.15, 0.2) is 0 Å². The van der Waals surface area contributed by atoms with E-state index in [0.29, 0.717) is 32.0 Å². The first-order chi connectivity index (χ1) is 16.1. The molecular formula is C27H27NO5. The summed E-state index contributed by atoms with van der Waals surface area (Å²) in [6, 6.07) is 21.6. The van der Waals surface area contributed by atoms with E-state index in [2.05, 4.69) is 36.2 Å². The van der Waals surface area contributed by atoms with Gasteiger partial charge in [0.1, 0.15) is 23.9 Å². The van der Waals surface area contributed by atoms with E-state index in [1.807, 2.05) is 42.5 Å². The van der Waals surface area contributed by atoms with Crippen molar-refractivity contribution in [2.75, 3.05) is 13.2 Å². The summed E-state index contributed by atoms with van der Waals surface area (Å²) in [4.78, 5) is 14.1. The van der Waals surface area contributed by atoms with Gasteiger partial charge in [0, 0.05) is 29.6 Å². The van der Waals surface area contributed by atoms with E-state index in [4.69, 9.17) is 19.3 Å². The highest BCUT2D eigenvalue weighted by Gasteiger charge is 2.09. The summed E-state index contributed by atoms with van der Waals surface area (Å²) >= 11 is 0. The van der Waals surface area contributed by atoms with Crippen LogP contribution >= 0.6 is 0 Å². The van der Waals surface area contributed by atoms with E-state index in [1.54, 1.807) is 6.20 Å². The van der Waals surface area contributed by atoms with Crippen molar-refractivity contribution in [1.82, 2.24) is 4.98 Å². The summed E-state index contributed by atoms with van der Waals surface area (Å²) in [5, 5.41) is 9.92. The van der Waals surface area contributed by atoms with Crippen molar-refractivity contribution in [1.29, 1.82) is 0 Å². The predicted molar refractivity (Wildman–Crippen MR) is 127 cm³/mol. The Morgan fingerprint density at radius 1 is 0.879 bits per heavy atom. The van der Waals surface area contributed by atoms with Gasteiger partial charge >= 0.3 is 5.97 Å². The van der Waals surface area contributed by atoms with Gasteiger partial charge in [-0.25, -0.2) is 0 Å². The zero-order valence-corrected chi connectivity index (χ0v) is 18.5. The van der Waals surface area contributed by atoms with Gasteiger partial charge in [-0.15, -0.1) is 0 Å². The van der Waals surface area contributed by atoms with Crippen molar-refractivity contribution in [2.24, 2.45) is 0 Å². The second kappa shape index (κ2) is 10.6. The fourth-order valence-electron chi connectivity index (χ4n) is 3.50. The van der Waals surface area contributed by atoms with Crippen LogP contribution in [0.4, 0.5) is 0 Å².